The van der Waals surface area contributed by atoms with Gasteiger partial charge in [0.25, 0.3) is 0 Å². The van der Waals surface area contributed by atoms with Gasteiger partial charge in [0.1, 0.15) is 6.07 Å². The van der Waals surface area contributed by atoms with E-state index in [9.17, 15) is 0 Å². The molecular formula is C12H14N2OS. The van der Waals surface area contributed by atoms with Gasteiger partial charge in [-0.3, -0.25) is 0 Å². The molecule has 0 aromatic heterocycles. The van der Waals surface area contributed by atoms with Gasteiger partial charge >= 0.3 is 0 Å². The zero-order chi connectivity index (χ0) is 11.4. The van der Waals surface area contributed by atoms with Crippen LogP contribution in [0.3, 0.4) is 0 Å². The Labute approximate surface area is 99.6 Å². The van der Waals surface area contributed by atoms with Crippen LogP contribution in [-0.4, -0.2) is 18.5 Å². The molecule has 84 valence electrons. The highest BCUT2D eigenvalue weighted by Gasteiger charge is 2.15. The average Bonchev–Trinajstić information content (AvgIpc) is 2.33. The third-order valence-electron chi connectivity index (χ3n) is 2.62. The topological polar surface area (TPSA) is 59.0 Å². The number of nitrogens with two attached hydrogens (primary N) is 1. The average molecular weight is 234 g/mol. The van der Waals surface area contributed by atoms with Crippen molar-refractivity contribution in [2.24, 2.45) is 0 Å². The van der Waals surface area contributed by atoms with Crippen LogP contribution >= 0.6 is 11.8 Å². The van der Waals surface area contributed by atoms with E-state index in [1.807, 2.05) is 23.9 Å². The van der Waals surface area contributed by atoms with Gasteiger partial charge in [0, 0.05) is 29.0 Å². The Morgan fingerprint density at radius 1 is 1.38 bits per heavy atom. The summed E-state index contributed by atoms with van der Waals surface area (Å²) in [6, 6.07) is 7.77. The van der Waals surface area contributed by atoms with Gasteiger partial charge in [0.2, 0.25) is 0 Å². The maximum Gasteiger partial charge on any atom is 0.101 e. The van der Waals surface area contributed by atoms with Gasteiger partial charge in [-0.1, -0.05) is 0 Å². The molecule has 0 radical (unpaired) electrons. The van der Waals surface area contributed by atoms with E-state index in [-0.39, 0.29) is 0 Å². The number of hydrogen-bond acceptors (Lipinski definition) is 4. The lowest BCUT2D eigenvalue weighted by Gasteiger charge is -2.21. The van der Waals surface area contributed by atoms with Crippen LogP contribution < -0.4 is 5.73 Å². The van der Waals surface area contributed by atoms with Crippen molar-refractivity contribution in [2.75, 3.05) is 18.9 Å². The Bertz CT molecular complexity index is 408. The molecule has 0 spiro atoms. The number of anilines is 1. The summed E-state index contributed by atoms with van der Waals surface area (Å²) in [4.78, 5) is 1.12. The van der Waals surface area contributed by atoms with Crippen molar-refractivity contribution in [3.05, 3.63) is 23.8 Å². The summed E-state index contributed by atoms with van der Waals surface area (Å²) in [5.74, 6) is 0. The first-order chi connectivity index (χ1) is 7.79. The van der Waals surface area contributed by atoms with Gasteiger partial charge in [-0.2, -0.15) is 5.26 Å². The molecule has 1 fully saturated rings. The van der Waals surface area contributed by atoms with E-state index >= 15 is 0 Å². The molecule has 0 unspecified atom stereocenters. The number of hydrogen-bond donors (Lipinski definition) is 1. The minimum absolute atomic E-state index is 0.554. The number of nitrogen functional groups attached to an aromatic ring is 1. The van der Waals surface area contributed by atoms with E-state index in [0.717, 1.165) is 31.0 Å². The van der Waals surface area contributed by atoms with Crippen molar-refractivity contribution in [1.29, 1.82) is 5.26 Å². The smallest absolute Gasteiger partial charge is 0.101 e. The number of nitrogens with zero attached hydrogens (tertiary/aromatic N) is 1. The highest BCUT2D eigenvalue weighted by Crippen LogP contribution is 2.31. The lowest BCUT2D eigenvalue weighted by atomic mass is 10.2. The lowest BCUT2D eigenvalue weighted by Crippen LogP contribution is -2.17. The summed E-state index contributed by atoms with van der Waals surface area (Å²) >= 11 is 1.82. The molecule has 1 aromatic carbocycles. The minimum Gasteiger partial charge on any atom is -0.398 e. The van der Waals surface area contributed by atoms with Crippen LogP contribution in [0.5, 0.6) is 0 Å². The van der Waals surface area contributed by atoms with Crippen molar-refractivity contribution >= 4 is 17.4 Å². The molecule has 0 atom stereocenters. The normalized spacial score (nSPS) is 16.9. The zero-order valence-corrected chi connectivity index (χ0v) is 9.80. The standard InChI is InChI=1S/C12H14N2OS/c13-8-9-7-11(1-2-12(9)14)16-10-3-5-15-6-4-10/h1-2,7,10H,3-6,14H2. The first kappa shape index (κ1) is 11.3. The van der Waals surface area contributed by atoms with Crippen LogP contribution in [0.1, 0.15) is 18.4 Å². The molecule has 0 aliphatic carbocycles. The summed E-state index contributed by atoms with van der Waals surface area (Å²) in [5, 5.41) is 9.49. The first-order valence-electron chi connectivity index (χ1n) is 5.33. The number of nitriles is 1. The highest BCUT2D eigenvalue weighted by atomic mass is 32.2. The van der Waals surface area contributed by atoms with E-state index in [2.05, 4.69) is 6.07 Å². The largest absolute Gasteiger partial charge is 0.398 e. The number of ether oxygens (including phenoxy) is 1. The Kier molecular flexibility index (Phi) is 3.70. The van der Waals surface area contributed by atoms with Crippen LogP contribution in [0.2, 0.25) is 0 Å². The van der Waals surface area contributed by atoms with Crippen molar-refractivity contribution in [3.63, 3.8) is 0 Å². The molecule has 1 aliphatic heterocycles. The fraction of sp³-hybridized carbons (Fsp3) is 0.417. The van der Waals surface area contributed by atoms with E-state index in [1.165, 1.54) is 0 Å². The maximum absolute atomic E-state index is 8.89. The Hall–Kier alpha value is -1.18. The number of thioether (sulfide) groups is 1. The summed E-state index contributed by atoms with van der Waals surface area (Å²) in [5.41, 5.74) is 6.80. The fourth-order valence-corrected chi connectivity index (χ4v) is 2.84. The van der Waals surface area contributed by atoms with Crippen LogP contribution in [0.15, 0.2) is 23.1 Å². The molecule has 16 heavy (non-hydrogen) atoms. The molecule has 0 saturated carbocycles. The Balaban J connectivity index is 2.06. The summed E-state index contributed by atoms with van der Waals surface area (Å²) < 4.78 is 5.32. The van der Waals surface area contributed by atoms with E-state index < -0.39 is 0 Å². The highest BCUT2D eigenvalue weighted by molar-refractivity contribution is 8.00. The van der Waals surface area contributed by atoms with Gasteiger partial charge in [-0.25, -0.2) is 0 Å². The molecule has 1 aromatic rings. The van der Waals surface area contributed by atoms with Crippen molar-refractivity contribution in [3.8, 4) is 6.07 Å². The second kappa shape index (κ2) is 5.24. The maximum atomic E-state index is 8.89. The van der Waals surface area contributed by atoms with E-state index in [1.54, 1.807) is 6.07 Å². The predicted molar refractivity (Wildman–Crippen MR) is 65.3 cm³/mol. The monoisotopic (exact) mass is 234 g/mol. The van der Waals surface area contributed by atoms with Crippen molar-refractivity contribution < 1.29 is 4.74 Å². The van der Waals surface area contributed by atoms with Crippen LogP contribution in [0, 0.1) is 11.3 Å². The molecule has 1 saturated heterocycles. The van der Waals surface area contributed by atoms with Gasteiger partial charge in [0.15, 0.2) is 0 Å². The third kappa shape index (κ3) is 2.69. The molecule has 1 heterocycles. The molecular weight excluding hydrogens is 220 g/mol. The molecule has 4 heteroatoms. The Morgan fingerprint density at radius 3 is 2.81 bits per heavy atom. The second-order valence-corrected chi connectivity index (χ2v) is 5.16. The fourth-order valence-electron chi connectivity index (χ4n) is 1.69. The molecule has 1 aliphatic rings. The minimum atomic E-state index is 0.554. The second-order valence-electron chi connectivity index (χ2n) is 3.79. The Morgan fingerprint density at radius 2 is 2.12 bits per heavy atom. The lowest BCUT2D eigenvalue weighted by molar-refractivity contribution is 0.100. The summed E-state index contributed by atoms with van der Waals surface area (Å²) in [6.45, 7) is 1.69. The molecule has 0 bridgehead atoms. The quantitative estimate of drug-likeness (QED) is 0.798. The number of benzene rings is 1. The molecule has 2 N–H and O–H groups in total. The summed E-state index contributed by atoms with van der Waals surface area (Å²) in [7, 11) is 0. The van der Waals surface area contributed by atoms with Crippen molar-refractivity contribution in [1.82, 2.24) is 0 Å². The zero-order valence-electron chi connectivity index (χ0n) is 8.98. The predicted octanol–water partition coefficient (Wildman–Crippen LogP) is 2.41. The molecule has 2 rings (SSSR count). The van der Waals surface area contributed by atoms with Gasteiger partial charge in [-0.15, -0.1) is 11.8 Å². The van der Waals surface area contributed by atoms with Gasteiger partial charge in [0.05, 0.1) is 5.56 Å². The van der Waals surface area contributed by atoms with Crippen LogP contribution in [0.4, 0.5) is 5.69 Å². The van der Waals surface area contributed by atoms with Gasteiger partial charge in [-0.05, 0) is 31.0 Å². The van der Waals surface area contributed by atoms with Gasteiger partial charge < -0.3 is 10.5 Å². The molecule has 3 nitrogen and oxygen atoms in total. The SMILES string of the molecule is N#Cc1cc(SC2CCOCC2)ccc1N. The number of rotatable bonds is 2. The van der Waals surface area contributed by atoms with Crippen LogP contribution in [-0.2, 0) is 4.74 Å². The first-order valence-corrected chi connectivity index (χ1v) is 6.21. The van der Waals surface area contributed by atoms with Crippen molar-refractivity contribution in [2.45, 2.75) is 23.0 Å². The molecule has 0 amide bonds. The van der Waals surface area contributed by atoms with E-state index in [4.69, 9.17) is 15.7 Å². The van der Waals surface area contributed by atoms with E-state index in [0.29, 0.717) is 16.5 Å². The summed E-state index contributed by atoms with van der Waals surface area (Å²) in [6.07, 6.45) is 2.16. The third-order valence-corrected chi connectivity index (χ3v) is 3.95. The van der Waals surface area contributed by atoms with Crippen LogP contribution in [0.25, 0.3) is 0 Å².